The summed E-state index contributed by atoms with van der Waals surface area (Å²) in [6, 6.07) is 62.7. The summed E-state index contributed by atoms with van der Waals surface area (Å²) in [7, 11) is 0. The van der Waals surface area contributed by atoms with Crippen LogP contribution in [0.15, 0.2) is 170 Å². The van der Waals surface area contributed by atoms with Crippen molar-refractivity contribution in [2.75, 3.05) is 0 Å². The third-order valence-corrected chi connectivity index (χ3v) is 11.0. The highest BCUT2D eigenvalue weighted by molar-refractivity contribution is 7.26. The molecule has 1 aromatic heterocycles. The molecule has 0 atom stereocenters. The molecular formula is C46H28S. The minimum absolute atomic E-state index is 1.24. The summed E-state index contributed by atoms with van der Waals surface area (Å²) >= 11 is 1.91. The van der Waals surface area contributed by atoms with Gasteiger partial charge in [0.1, 0.15) is 0 Å². The van der Waals surface area contributed by atoms with Gasteiger partial charge in [0.15, 0.2) is 0 Å². The molecule has 0 bridgehead atoms. The molecule has 0 saturated heterocycles. The molecule has 9 aromatic carbocycles. The molecule has 47 heavy (non-hydrogen) atoms. The second-order valence-electron chi connectivity index (χ2n) is 12.4. The van der Waals surface area contributed by atoms with Crippen molar-refractivity contribution in [1.29, 1.82) is 0 Å². The van der Waals surface area contributed by atoms with Gasteiger partial charge in [-0.2, -0.15) is 0 Å². The van der Waals surface area contributed by atoms with Crippen LogP contribution in [0, 0.1) is 0 Å². The fourth-order valence-corrected chi connectivity index (χ4v) is 9.07. The maximum absolute atomic E-state index is 2.48. The van der Waals surface area contributed by atoms with Gasteiger partial charge in [-0.1, -0.05) is 146 Å². The van der Waals surface area contributed by atoms with Gasteiger partial charge in [-0.25, -0.2) is 0 Å². The van der Waals surface area contributed by atoms with Crippen molar-refractivity contribution in [3.8, 4) is 33.4 Å². The third kappa shape index (κ3) is 4.00. The first-order valence-electron chi connectivity index (χ1n) is 16.2. The van der Waals surface area contributed by atoms with Gasteiger partial charge in [0.2, 0.25) is 0 Å². The van der Waals surface area contributed by atoms with Crippen LogP contribution in [0.1, 0.15) is 0 Å². The molecule has 1 heteroatoms. The predicted molar refractivity (Wildman–Crippen MR) is 206 cm³/mol. The maximum atomic E-state index is 2.48. The lowest BCUT2D eigenvalue weighted by Gasteiger charge is -2.20. The van der Waals surface area contributed by atoms with Crippen LogP contribution in [0.2, 0.25) is 0 Å². The molecule has 0 radical (unpaired) electrons. The fourth-order valence-electron chi connectivity index (χ4n) is 7.81. The van der Waals surface area contributed by atoms with Crippen LogP contribution in [0.3, 0.4) is 0 Å². The first kappa shape index (κ1) is 26.5. The van der Waals surface area contributed by atoms with Crippen molar-refractivity contribution in [2.45, 2.75) is 0 Å². The summed E-state index contributed by atoms with van der Waals surface area (Å²) < 4.78 is 2.67. The number of benzene rings is 9. The molecule has 10 aromatic rings. The molecule has 0 nitrogen and oxygen atoms in total. The van der Waals surface area contributed by atoms with Crippen LogP contribution in [-0.2, 0) is 0 Å². The van der Waals surface area contributed by atoms with Gasteiger partial charge in [0.25, 0.3) is 0 Å². The van der Waals surface area contributed by atoms with E-state index in [1.807, 2.05) is 11.3 Å². The summed E-state index contributed by atoms with van der Waals surface area (Å²) in [5, 5.41) is 12.9. The van der Waals surface area contributed by atoms with Gasteiger partial charge >= 0.3 is 0 Å². The minimum Gasteiger partial charge on any atom is -0.135 e. The summed E-state index contributed by atoms with van der Waals surface area (Å²) in [6.45, 7) is 0. The lowest BCUT2D eigenvalue weighted by atomic mass is 9.83. The Kier molecular flexibility index (Phi) is 5.85. The zero-order chi connectivity index (χ0) is 30.9. The van der Waals surface area contributed by atoms with Crippen molar-refractivity contribution >= 4 is 74.6 Å². The summed E-state index contributed by atoms with van der Waals surface area (Å²) in [5.41, 5.74) is 7.68. The molecule has 1 heterocycles. The molecular weight excluding hydrogens is 585 g/mol. The van der Waals surface area contributed by atoms with Gasteiger partial charge in [-0.3, -0.25) is 0 Å². The van der Waals surface area contributed by atoms with Crippen molar-refractivity contribution in [2.24, 2.45) is 0 Å². The van der Waals surface area contributed by atoms with E-state index in [0.29, 0.717) is 0 Å². The Morgan fingerprint density at radius 2 is 0.809 bits per heavy atom. The molecule has 0 aliphatic heterocycles. The summed E-state index contributed by atoms with van der Waals surface area (Å²) in [5.74, 6) is 0. The molecule has 10 rings (SSSR count). The largest absolute Gasteiger partial charge is 0.135 e. The van der Waals surface area contributed by atoms with Crippen LogP contribution in [0.4, 0.5) is 0 Å². The molecule has 0 unspecified atom stereocenters. The van der Waals surface area contributed by atoms with E-state index in [0.717, 1.165) is 0 Å². The summed E-state index contributed by atoms with van der Waals surface area (Å²) in [4.78, 5) is 0. The standard InChI is InChI=1S/C46H28S/c1-2-14-29(15-3-1)43-36-21-8-10-23-38(36)45(39-24-11-9-22-37(39)43)40-28-32(26-30-16-4-6-18-33(30)40)44-34-19-7-5-17-31(34)27-41-35-20-12-13-25-42(35)47-46(41)44/h1-28H. The Labute approximate surface area is 276 Å². The van der Waals surface area contributed by atoms with Gasteiger partial charge in [-0.15, -0.1) is 11.3 Å². The van der Waals surface area contributed by atoms with Crippen molar-refractivity contribution in [1.82, 2.24) is 0 Å². The van der Waals surface area contributed by atoms with E-state index in [4.69, 9.17) is 0 Å². The van der Waals surface area contributed by atoms with Crippen LogP contribution < -0.4 is 0 Å². The lowest BCUT2D eigenvalue weighted by molar-refractivity contribution is 1.66. The quantitative estimate of drug-likeness (QED) is 0.174. The van der Waals surface area contributed by atoms with Gasteiger partial charge in [-0.05, 0) is 95.2 Å². The molecule has 218 valence electrons. The molecule has 0 fully saturated rings. The van der Waals surface area contributed by atoms with E-state index in [9.17, 15) is 0 Å². The van der Waals surface area contributed by atoms with E-state index < -0.39 is 0 Å². The molecule has 0 N–H and O–H groups in total. The van der Waals surface area contributed by atoms with Crippen molar-refractivity contribution in [3.05, 3.63) is 170 Å². The zero-order valence-corrected chi connectivity index (χ0v) is 26.4. The Bertz CT molecular complexity index is 2780. The Morgan fingerprint density at radius 1 is 0.298 bits per heavy atom. The van der Waals surface area contributed by atoms with Crippen LogP contribution >= 0.6 is 11.3 Å². The highest BCUT2D eigenvalue weighted by atomic mass is 32.1. The monoisotopic (exact) mass is 612 g/mol. The second kappa shape index (κ2) is 10.4. The predicted octanol–water partition coefficient (Wildman–Crippen LogP) is 13.7. The topological polar surface area (TPSA) is 0 Å². The number of fused-ring (bicyclic) bond motifs is 7. The van der Waals surface area contributed by atoms with Crippen LogP contribution in [0.25, 0.3) is 96.6 Å². The van der Waals surface area contributed by atoms with E-state index in [-0.39, 0.29) is 0 Å². The van der Waals surface area contributed by atoms with E-state index in [2.05, 4.69) is 170 Å². The number of rotatable bonds is 3. The van der Waals surface area contributed by atoms with Crippen molar-refractivity contribution in [3.63, 3.8) is 0 Å². The van der Waals surface area contributed by atoms with E-state index in [1.165, 1.54) is 96.6 Å². The third-order valence-electron chi connectivity index (χ3n) is 9.80. The second-order valence-corrected chi connectivity index (χ2v) is 13.5. The number of hydrogen-bond donors (Lipinski definition) is 0. The highest BCUT2D eigenvalue weighted by Gasteiger charge is 2.21. The smallest absolute Gasteiger partial charge is 0.0440 e. The Balaban J connectivity index is 1.38. The highest BCUT2D eigenvalue weighted by Crippen LogP contribution is 2.49. The Morgan fingerprint density at radius 3 is 1.49 bits per heavy atom. The average Bonchev–Trinajstić information content (AvgIpc) is 3.50. The lowest BCUT2D eigenvalue weighted by Crippen LogP contribution is -1.92. The van der Waals surface area contributed by atoms with Crippen LogP contribution in [0.5, 0.6) is 0 Å². The number of hydrogen-bond acceptors (Lipinski definition) is 1. The average molecular weight is 613 g/mol. The SMILES string of the molecule is c1ccc(-c2c3ccccc3c(-c3cc(-c4c5ccccc5cc5c4sc4ccccc45)cc4ccccc34)c3ccccc23)cc1. The van der Waals surface area contributed by atoms with E-state index >= 15 is 0 Å². The van der Waals surface area contributed by atoms with Gasteiger partial charge < -0.3 is 0 Å². The normalized spacial score (nSPS) is 11.8. The number of thiophene rings is 1. The first-order chi connectivity index (χ1) is 23.3. The van der Waals surface area contributed by atoms with Crippen molar-refractivity contribution < 1.29 is 0 Å². The minimum atomic E-state index is 1.24. The van der Waals surface area contributed by atoms with Gasteiger partial charge in [0.05, 0.1) is 0 Å². The maximum Gasteiger partial charge on any atom is 0.0440 e. The molecule has 0 aliphatic carbocycles. The van der Waals surface area contributed by atoms with E-state index in [1.54, 1.807) is 0 Å². The van der Waals surface area contributed by atoms with Gasteiger partial charge in [0, 0.05) is 25.7 Å². The Hall–Kier alpha value is -5.76. The summed E-state index contributed by atoms with van der Waals surface area (Å²) in [6.07, 6.45) is 0. The molecule has 0 amide bonds. The van der Waals surface area contributed by atoms with Crippen LogP contribution in [-0.4, -0.2) is 0 Å². The molecule has 0 aliphatic rings. The molecule has 0 saturated carbocycles. The molecule has 0 spiro atoms. The first-order valence-corrected chi connectivity index (χ1v) is 17.0. The zero-order valence-electron chi connectivity index (χ0n) is 25.6. The fraction of sp³-hybridized carbons (Fsp3) is 0.